The van der Waals surface area contributed by atoms with Gasteiger partial charge in [-0.1, -0.05) is 0 Å². The van der Waals surface area contributed by atoms with E-state index in [0.29, 0.717) is 10.6 Å². The molecule has 2 rings (SSSR count). The number of hydrogen-bond donors (Lipinski definition) is 2. The van der Waals surface area contributed by atoms with Crippen molar-refractivity contribution in [3.63, 3.8) is 0 Å². The lowest BCUT2D eigenvalue weighted by Crippen LogP contribution is -2.16. The van der Waals surface area contributed by atoms with Gasteiger partial charge in [0.2, 0.25) is 0 Å². The van der Waals surface area contributed by atoms with Gasteiger partial charge in [0.25, 0.3) is 11.8 Å². The maximum atomic E-state index is 12.8. The predicted octanol–water partition coefficient (Wildman–Crippen LogP) is 2.55. The molecule has 0 radical (unpaired) electrons. The number of thiophene rings is 1. The molecule has 0 aliphatic carbocycles. The monoisotopic (exact) mass is 278 g/mol. The first-order valence-corrected chi connectivity index (χ1v) is 6.26. The lowest BCUT2D eigenvalue weighted by Gasteiger charge is -2.04. The first kappa shape index (κ1) is 13.2. The van der Waals surface area contributed by atoms with Crippen LogP contribution in [-0.4, -0.2) is 11.8 Å². The van der Waals surface area contributed by atoms with E-state index >= 15 is 0 Å². The molecule has 2 aromatic rings. The molecular formula is C13H11FN2O2S. The molecule has 1 aromatic heterocycles. The van der Waals surface area contributed by atoms with Gasteiger partial charge < -0.3 is 11.1 Å². The zero-order valence-corrected chi connectivity index (χ0v) is 10.9. The number of hydrogen-bond acceptors (Lipinski definition) is 3. The van der Waals surface area contributed by atoms with Crippen molar-refractivity contribution in [1.29, 1.82) is 0 Å². The molecule has 0 aliphatic heterocycles. The maximum absolute atomic E-state index is 12.8. The quantitative estimate of drug-likeness (QED) is 0.905. The summed E-state index contributed by atoms with van der Waals surface area (Å²) in [5.74, 6) is -1.43. The second kappa shape index (κ2) is 5.19. The van der Waals surface area contributed by atoms with Crippen LogP contribution >= 0.6 is 11.3 Å². The number of nitrogens with two attached hydrogens (primary N) is 1. The van der Waals surface area contributed by atoms with E-state index in [0.717, 1.165) is 4.88 Å². The summed E-state index contributed by atoms with van der Waals surface area (Å²) >= 11 is 1.26. The van der Waals surface area contributed by atoms with Crippen molar-refractivity contribution in [2.45, 2.75) is 6.92 Å². The molecule has 0 spiro atoms. The second-order valence-corrected chi connectivity index (χ2v) is 5.18. The van der Waals surface area contributed by atoms with E-state index in [2.05, 4.69) is 5.32 Å². The summed E-state index contributed by atoms with van der Waals surface area (Å²) in [6.45, 7) is 1.81. The van der Waals surface area contributed by atoms with Crippen molar-refractivity contribution in [1.82, 2.24) is 0 Å². The lowest BCUT2D eigenvalue weighted by molar-refractivity contribution is 0.100. The summed E-state index contributed by atoms with van der Waals surface area (Å²) in [7, 11) is 0. The van der Waals surface area contributed by atoms with Crippen molar-refractivity contribution in [3.05, 3.63) is 52.2 Å². The molecule has 2 amide bonds. The van der Waals surface area contributed by atoms with Gasteiger partial charge in [-0.15, -0.1) is 11.3 Å². The SMILES string of the molecule is Cc1cc(C(N)=O)c(NC(=O)c2ccc(F)cc2)s1. The molecule has 4 nitrogen and oxygen atoms in total. The Bertz CT molecular complexity index is 635. The highest BCUT2D eigenvalue weighted by atomic mass is 32.1. The normalized spacial score (nSPS) is 10.2. The number of carbonyl (C=O) groups is 2. The van der Waals surface area contributed by atoms with Gasteiger partial charge in [-0.25, -0.2) is 4.39 Å². The van der Waals surface area contributed by atoms with Crippen molar-refractivity contribution in [3.8, 4) is 0 Å². The average Bonchev–Trinajstić information content (AvgIpc) is 2.71. The van der Waals surface area contributed by atoms with Gasteiger partial charge >= 0.3 is 0 Å². The number of rotatable bonds is 3. The lowest BCUT2D eigenvalue weighted by atomic mass is 10.2. The van der Waals surface area contributed by atoms with Crippen LogP contribution in [0.4, 0.5) is 9.39 Å². The van der Waals surface area contributed by atoms with E-state index in [4.69, 9.17) is 5.73 Å². The number of benzene rings is 1. The fourth-order valence-electron chi connectivity index (χ4n) is 1.57. The van der Waals surface area contributed by atoms with Gasteiger partial charge in [0.1, 0.15) is 10.8 Å². The zero-order valence-electron chi connectivity index (χ0n) is 10.1. The second-order valence-electron chi connectivity index (χ2n) is 3.93. The molecule has 19 heavy (non-hydrogen) atoms. The molecule has 0 bridgehead atoms. The summed E-state index contributed by atoms with van der Waals surface area (Å²) in [5, 5.41) is 3.01. The molecule has 3 N–H and O–H groups in total. The Balaban J connectivity index is 2.24. The number of nitrogens with one attached hydrogen (secondary N) is 1. The summed E-state index contributed by atoms with van der Waals surface area (Å²) in [5.41, 5.74) is 5.81. The van der Waals surface area contributed by atoms with Crippen LogP contribution < -0.4 is 11.1 Å². The van der Waals surface area contributed by atoms with Crippen LogP contribution in [0.2, 0.25) is 0 Å². The standard InChI is InChI=1S/C13H11FN2O2S/c1-7-6-10(11(15)17)13(19-7)16-12(18)8-2-4-9(14)5-3-8/h2-6H,1H3,(H2,15,17)(H,16,18). The number of halogens is 1. The number of aryl methyl sites for hydroxylation is 1. The summed E-state index contributed by atoms with van der Waals surface area (Å²) in [6.07, 6.45) is 0. The van der Waals surface area contributed by atoms with Gasteiger partial charge in [0, 0.05) is 10.4 Å². The van der Waals surface area contributed by atoms with E-state index < -0.39 is 17.6 Å². The molecule has 0 fully saturated rings. The smallest absolute Gasteiger partial charge is 0.256 e. The van der Waals surface area contributed by atoms with E-state index in [1.165, 1.54) is 35.6 Å². The number of carbonyl (C=O) groups excluding carboxylic acids is 2. The third-order valence-electron chi connectivity index (χ3n) is 2.45. The Morgan fingerprint density at radius 3 is 2.47 bits per heavy atom. The van der Waals surface area contributed by atoms with Crippen LogP contribution in [0.5, 0.6) is 0 Å². The minimum absolute atomic E-state index is 0.276. The Labute approximate surface area is 113 Å². The van der Waals surface area contributed by atoms with Crippen molar-refractivity contribution >= 4 is 28.2 Å². The Morgan fingerprint density at radius 1 is 1.26 bits per heavy atom. The van der Waals surface area contributed by atoms with E-state index in [9.17, 15) is 14.0 Å². The first-order valence-electron chi connectivity index (χ1n) is 5.44. The highest BCUT2D eigenvalue weighted by Gasteiger charge is 2.15. The van der Waals surface area contributed by atoms with Gasteiger partial charge in [-0.2, -0.15) is 0 Å². The largest absolute Gasteiger partial charge is 0.366 e. The summed E-state index contributed by atoms with van der Waals surface area (Å²) in [4.78, 5) is 24.0. The van der Waals surface area contributed by atoms with Crippen molar-refractivity contribution < 1.29 is 14.0 Å². The van der Waals surface area contributed by atoms with Crippen LogP contribution in [0.3, 0.4) is 0 Å². The van der Waals surface area contributed by atoms with Gasteiger partial charge in [0.05, 0.1) is 5.56 Å². The number of anilines is 1. The fraction of sp³-hybridized carbons (Fsp3) is 0.0769. The zero-order chi connectivity index (χ0) is 14.0. The molecule has 0 aliphatic rings. The molecule has 0 atom stereocenters. The van der Waals surface area contributed by atoms with Crippen molar-refractivity contribution in [2.75, 3.05) is 5.32 Å². The minimum Gasteiger partial charge on any atom is -0.366 e. The van der Waals surface area contributed by atoms with Crippen LogP contribution in [0.1, 0.15) is 25.6 Å². The predicted molar refractivity (Wildman–Crippen MR) is 71.9 cm³/mol. The van der Waals surface area contributed by atoms with E-state index in [1.54, 1.807) is 6.07 Å². The van der Waals surface area contributed by atoms with Crippen molar-refractivity contribution in [2.24, 2.45) is 5.73 Å². The Hall–Kier alpha value is -2.21. The van der Waals surface area contributed by atoms with Crippen LogP contribution in [-0.2, 0) is 0 Å². The third-order valence-corrected chi connectivity index (χ3v) is 3.42. The van der Waals surface area contributed by atoms with Gasteiger partial charge in [-0.3, -0.25) is 9.59 Å². The van der Waals surface area contributed by atoms with Crippen LogP contribution in [0, 0.1) is 12.7 Å². The highest BCUT2D eigenvalue weighted by Crippen LogP contribution is 2.27. The molecule has 6 heteroatoms. The summed E-state index contributed by atoms with van der Waals surface area (Å²) in [6, 6.07) is 6.75. The van der Waals surface area contributed by atoms with Gasteiger partial charge in [0.15, 0.2) is 0 Å². The molecule has 1 aromatic carbocycles. The Kier molecular flexibility index (Phi) is 3.62. The molecular weight excluding hydrogens is 267 g/mol. The average molecular weight is 278 g/mol. The first-order chi connectivity index (χ1) is 8.97. The van der Waals surface area contributed by atoms with E-state index in [1.807, 2.05) is 6.92 Å². The number of amides is 2. The minimum atomic E-state index is -0.598. The Morgan fingerprint density at radius 2 is 1.89 bits per heavy atom. The molecule has 0 saturated carbocycles. The third kappa shape index (κ3) is 2.97. The number of primary amides is 1. The van der Waals surface area contributed by atoms with Gasteiger partial charge in [-0.05, 0) is 37.3 Å². The van der Waals surface area contributed by atoms with Crippen LogP contribution in [0.25, 0.3) is 0 Å². The fourth-order valence-corrected chi connectivity index (χ4v) is 2.48. The van der Waals surface area contributed by atoms with E-state index in [-0.39, 0.29) is 5.56 Å². The summed E-state index contributed by atoms with van der Waals surface area (Å²) < 4.78 is 12.8. The maximum Gasteiger partial charge on any atom is 0.256 e. The molecule has 98 valence electrons. The molecule has 0 saturated heterocycles. The van der Waals surface area contributed by atoms with Crippen LogP contribution in [0.15, 0.2) is 30.3 Å². The molecule has 1 heterocycles. The molecule has 0 unspecified atom stereocenters. The topological polar surface area (TPSA) is 72.2 Å². The highest BCUT2D eigenvalue weighted by molar-refractivity contribution is 7.16.